The maximum absolute atomic E-state index is 11.9. The van der Waals surface area contributed by atoms with Crippen LogP contribution in [0.1, 0.15) is 39.0 Å². The number of nitrogens with zero attached hydrogens (tertiary/aromatic N) is 1. The van der Waals surface area contributed by atoms with Crippen molar-refractivity contribution in [3.8, 4) is 0 Å². The lowest BCUT2D eigenvalue weighted by atomic mass is 9.80. The monoisotopic (exact) mass is 253 g/mol. The van der Waals surface area contributed by atoms with E-state index < -0.39 is 17.6 Å². The van der Waals surface area contributed by atoms with Gasteiger partial charge in [0.2, 0.25) is 5.91 Å². The number of carbonyl (C=O) groups excluding carboxylic acids is 2. The average Bonchev–Trinajstić information content (AvgIpc) is 2.73. The van der Waals surface area contributed by atoms with Crippen molar-refractivity contribution in [1.82, 2.24) is 4.90 Å². The fourth-order valence-electron chi connectivity index (χ4n) is 3.73. The highest BCUT2D eigenvalue weighted by atomic mass is 16.6. The first-order valence-electron chi connectivity index (χ1n) is 6.76. The summed E-state index contributed by atoms with van der Waals surface area (Å²) in [6, 6.07) is -0.128. The highest BCUT2D eigenvalue weighted by Crippen LogP contribution is 2.45. The van der Waals surface area contributed by atoms with E-state index in [9.17, 15) is 14.7 Å². The highest BCUT2D eigenvalue weighted by molar-refractivity contribution is 5.80. The summed E-state index contributed by atoms with van der Waals surface area (Å²) in [6.45, 7) is 2.43. The number of carbonyl (C=O) groups is 2. The number of hydrogen-bond donors (Lipinski definition) is 1. The second kappa shape index (κ2) is 3.95. The van der Waals surface area contributed by atoms with E-state index in [4.69, 9.17) is 4.74 Å². The van der Waals surface area contributed by atoms with Crippen LogP contribution in [0.25, 0.3) is 0 Å². The zero-order valence-electron chi connectivity index (χ0n) is 10.6. The molecule has 3 aliphatic heterocycles. The predicted molar refractivity (Wildman–Crippen MR) is 62.6 cm³/mol. The Morgan fingerprint density at radius 1 is 1.39 bits per heavy atom. The van der Waals surface area contributed by atoms with Gasteiger partial charge < -0.3 is 14.7 Å². The molecule has 0 aromatic carbocycles. The van der Waals surface area contributed by atoms with Crippen LogP contribution in [-0.4, -0.2) is 46.2 Å². The zero-order chi connectivity index (χ0) is 12.9. The largest absolute Gasteiger partial charge is 0.454 e. The van der Waals surface area contributed by atoms with Crippen molar-refractivity contribution in [2.75, 3.05) is 6.54 Å². The quantitative estimate of drug-likeness (QED) is 0.637. The molecule has 3 saturated heterocycles. The lowest BCUT2D eigenvalue weighted by molar-refractivity contribution is -0.161. The zero-order valence-corrected chi connectivity index (χ0v) is 10.6. The van der Waals surface area contributed by atoms with Crippen molar-refractivity contribution in [1.29, 1.82) is 0 Å². The van der Waals surface area contributed by atoms with E-state index in [2.05, 4.69) is 0 Å². The Labute approximate surface area is 106 Å². The topological polar surface area (TPSA) is 66.8 Å². The summed E-state index contributed by atoms with van der Waals surface area (Å²) in [4.78, 5) is 25.5. The molecule has 1 unspecified atom stereocenters. The third kappa shape index (κ3) is 1.43. The molecule has 4 atom stereocenters. The van der Waals surface area contributed by atoms with Crippen LogP contribution in [0.3, 0.4) is 0 Å². The number of amides is 1. The molecule has 0 aliphatic carbocycles. The van der Waals surface area contributed by atoms with Crippen LogP contribution in [0, 0.1) is 5.92 Å². The first kappa shape index (κ1) is 12.0. The Hall–Kier alpha value is -1.10. The SMILES string of the molecule is C[C@@H]1C(=O)OC2(CCCCN3C(=O)CC[C@H]32)[C@H]1O. The molecule has 1 spiro atoms. The highest BCUT2D eigenvalue weighted by Gasteiger charge is 2.61. The van der Waals surface area contributed by atoms with Crippen molar-refractivity contribution in [3.63, 3.8) is 0 Å². The van der Waals surface area contributed by atoms with Gasteiger partial charge in [0.05, 0.1) is 12.0 Å². The molecule has 0 aromatic rings. The van der Waals surface area contributed by atoms with Crippen LogP contribution in [0.2, 0.25) is 0 Å². The Kier molecular flexibility index (Phi) is 2.62. The van der Waals surface area contributed by atoms with Crippen molar-refractivity contribution in [2.24, 2.45) is 5.92 Å². The smallest absolute Gasteiger partial charge is 0.312 e. The summed E-state index contributed by atoms with van der Waals surface area (Å²) in [5.74, 6) is -0.687. The summed E-state index contributed by atoms with van der Waals surface area (Å²) in [6.07, 6.45) is 2.88. The summed E-state index contributed by atoms with van der Waals surface area (Å²) in [5, 5.41) is 10.4. The van der Waals surface area contributed by atoms with Crippen molar-refractivity contribution in [2.45, 2.75) is 56.8 Å². The molecule has 3 aliphatic rings. The Morgan fingerprint density at radius 3 is 2.83 bits per heavy atom. The van der Waals surface area contributed by atoms with Gasteiger partial charge in [-0.1, -0.05) is 0 Å². The molecule has 0 bridgehead atoms. The molecular weight excluding hydrogens is 234 g/mol. The van der Waals surface area contributed by atoms with E-state index in [1.165, 1.54) is 0 Å². The molecule has 100 valence electrons. The normalized spacial score (nSPS) is 44.1. The lowest BCUT2D eigenvalue weighted by Crippen LogP contribution is -2.55. The van der Waals surface area contributed by atoms with Crippen LogP contribution in [0.15, 0.2) is 0 Å². The van der Waals surface area contributed by atoms with E-state index in [1.807, 2.05) is 4.90 Å². The van der Waals surface area contributed by atoms with E-state index in [-0.39, 0.29) is 17.9 Å². The Morgan fingerprint density at radius 2 is 2.17 bits per heavy atom. The van der Waals surface area contributed by atoms with Gasteiger partial charge in [0, 0.05) is 13.0 Å². The summed E-state index contributed by atoms with van der Waals surface area (Å²) >= 11 is 0. The minimum Gasteiger partial charge on any atom is -0.454 e. The van der Waals surface area contributed by atoms with E-state index in [1.54, 1.807) is 6.92 Å². The Bertz CT molecular complexity index is 396. The van der Waals surface area contributed by atoms with Crippen molar-refractivity contribution >= 4 is 11.9 Å². The van der Waals surface area contributed by atoms with Crippen LogP contribution in [0.5, 0.6) is 0 Å². The van der Waals surface area contributed by atoms with Gasteiger partial charge in [0.25, 0.3) is 0 Å². The van der Waals surface area contributed by atoms with Crippen molar-refractivity contribution < 1.29 is 19.4 Å². The number of hydrogen-bond acceptors (Lipinski definition) is 4. The van der Waals surface area contributed by atoms with Crippen LogP contribution in [-0.2, 0) is 14.3 Å². The molecular formula is C13H19NO4. The average molecular weight is 253 g/mol. The number of ether oxygens (including phenoxy) is 1. The first-order valence-corrected chi connectivity index (χ1v) is 6.76. The standard InChI is InChI=1S/C13H19NO4/c1-8-11(16)13(18-12(8)17)6-2-3-7-14-9(13)4-5-10(14)15/h8-9,11,16H,2-7H2,1H3/t8-,9-,11-,13?/m0/s1. The molecule has 5 nitrogen and oxygen atoms in total. The molecule has 18 heavy (non-hydrogen) atoms. The number of aliphatic hydroxyl groups is 1. The van der Waals surface area contributed by atoms with Gasteiger partial charge in [-0.2, -0.15) is 0 Å². The molecule has 5 heteroatoms. The maximum atomic E-state index is 11.9. The van der Waals surface area contributed by atoms with E-state index in [0.29, 0.717) is 19.3 Å². The second-order valence-corrected chi connectivity index (χ2v) is 5.71. The predicted octanol–water partition coefficient (Wildman–Crippen LogP) is 0.454. The van der Waals surface area contributed by atoms with Crippen molar-refractivity contribution in [3.05, 3.63) is 0 Å². The van der Waals surface area contributed by atoms with Gasteiger partial charge in [-0.3, -0.25) is 9.59 Å². The van der Waals surface area contributed by atoms with Gasteiger partial charge in [-0.25, -0.2) is 0 Å². The van der Waals surface area contributed by atoms with Gasteiger partial charge >= 0.3 is 5.97 Å². The minimum absolute atomic E-state index is 0.128. The Balaban J connectivity index is 1.99. The van der Waals surface area contributed by atoms with Crippen LogP contribution < -0.4 is 0 Å². The third-order valence-corrected chi connectivity index (χ3v) is 4.75. The molecule has 1 amide bonds. The van der Waals surface area contributed by atoms with Gasteiger partial charge in [-0.05, 0) is 32.6 Å². The molecule has 3 heterocycles. The number of esters is 1. The molecule has 3 rings (SSSR count). The fourth-order valence-corrected chi connectivity index (χ4v) is 3.73. The first-order chi connectivity index (χ1) is 8.56. The molecule has 0 saturated carbocycles. The van der Waals surface area contributed by atoms with E-state index in [0.717, 1.165) is 19.4 Å². The molecule has 0 radical (unpaired) electrons. The summed E-state index contributed by atoms with van der Waals surface area (Å²) in [5.41, 5.74) is -0.848. The van der Waals surface area contributed by atoms with E-state index >= 15 is 0 Å². The van der Waals surface area contributed by atoms with Gasteiger partial charge in [0.1, 0.15) is 6.10 Å². The molecule has 3 fully saturated rings. The summed E-state index contributed by atoms with van der Waals surface area (Å²) in [7, 11) is 0. The molecule has 1 N–H and O–H groups in total. The minimum atomic E-state index is -0.848. The molecule has 0 aromatic heterocycles. The number of aliphatic hydroxyl groups excluding tert-OH is 1. The second-order valence-electron chi connectivity index (χ2n) is 5.71. The fraction of sp³-hybridized carbons (Fsp3) is 0.846. The van der Waals surface area contributed by atoms with Crippen LogP contribution >= 0.6 is 0 Å². The van der Waals surface area contributed by atoms with Crippen LogP contribution in [0.4, 0.5) is 0 Å². The number of rotatable bonds is 0. The van der Waals surface area contributed by atoms with Gasteiger partial charge in [-0.15, -0.1) is 0 Å². The maximum Gasteiger partial charge on any atom is 0.312 e. The lowest BCUT2D eigenvalue weighted by Gasteiger charge is -2.39. The number of fused-ring (bicyclic) bond motifs is 2. The summed E-state index contributed by atoms with van der Waals surface area (Å²) < 4.78 is 5.57. The van der Waals surface area contributed by atoms with Gasteiger partial charge in [0.15, 0.2) is 5.60 Å². The third-order valence-electron chi connectivity index (χ3n) is 4.75.